The van der Waals surface area contributed by atoms with E-state index in [1.807, 2.05) is 30.3 Å². The van der Waals surface area contributed by atoms with Gasteiger partial charge < -0.3 is 0 Å². The first kappa shape index (κ1) is 21.5. The van der Waals surface area contributed by atoms with Gasteiger partial charge in [-0.15, -0.1) is 22.7 Å². The summed E-state index contributed by atoms with van der Waals surface area (Å²) in [5, 5.41) is 4.99. The molecular weight excluding hydrogens is 466 g/mol. The van der Waals surface area contributed by atoms with E-state index in [1.165, 1.54) is 11.1 Å². The van der Waals surface area contributed by atoms with Gasteiger partial charge in [0, 0.05) is 22.0 Å². The Balaban J connectivity index is 1.43. The van der Waals surface area contributed by atoms with Gasteiger partial charge >= 0.3 is 0 Å². The fourth-order valence-electron chi connectivity index (χ4n) is 4.02. The Bertz CT molecular complexity index is 1610. The Morgan fingerprint density at radius 2 is 1.11 bits per heavy atom. The van der Waals surface area contributed by atoms with Crippen molar-refractivity contribution in [1.82, 2.24) is 9.55 Å². The van der Waals surface area contributed by atoms with E-state index in [4.69, 9.17) is 9.98 Å². The van der Waals surface area contributed by atoms with Crippen molar-refractivity contribution in [2.24, 2.45) is 4.99 Å². The van der Waals surface area contributed by atoms with E-state index in [0.29, 0.717) is 0 Å². The van der Waals surface area contributed by atoms with Crippen LogP contribution in [0.3, 0.4) is 0 Å². The predicted octanol–water partition coefficient (Wildman–Crippen LogP) is 8.23. The number of hydrogen-bond acceptors (Lipinski definition) is 4. The molecular formula is C30H21N3S2. The van der Waals surface area contributed by atoms with Gasteiger partial charge in [0.2, 0.25) is 5.13 Å². The third-order valence-electron chi connectivity index (χ3n) is 5.76. The summed E-state index contributed by atoms with van der Waals surface area (Å²) in [6.07, 6.45) is 0. The van der Waals surface area contributed by atoms with Crippen LogP contribution in [0.1, 0.15) is 0 Å². The van der Waals surface area contributed by atoms with Crippen molar-refractivity contribution in [3.05, 3.63) is 131 Å². The van der Waals surface area contributed by atoms with Gasteiger partial charge in [0.1, 0.15) is 0 Å². The van der Waals surface area contributed by atoms with E-state index < -0.39 is 0 Å². The van der Waals surface area contributed by atoms with Crippen molar-refractivity contribution in [2.45, 2.75) is 0 Å². The quantitative estimate of drug-likeness (QED) is 0.241. The molecule has 35 heavy (non-hydrogen) atoms. The van der Waals surface area contributed by atoms with Crippen LogP contribution in [0.4, 0.5) is 5.13 Å². The van der Waals surface area contributed by atoms with Gasteiger partial charge in [-0.2, -0.15) is 4.99 Å². The van der Waals surface area contributed by atoms with Gasteiger partial charge in [-0.1, -0.05) is 103 Å². The van der Waals surface area contributed by atoms with E-state index in [9.17, 15) is 0 Å². The Morgan fingerprint density at radius 1 is 0.543 bits per heavy atom. The summed E-state index contributed by atoms with van der Waals surface area (Å²) in [4.78, 5) is 10.6. The second-order valence-electron chi connectivity index (χ2n) is 8.01. The monoisotopic (exact) mass is 487 g/mol. The smallest absolute Gasteiger partial charge is 0.212 e. The molecule has 0 N–H and O–H groups in total. The van der Waals surface area contributed by atoms with Gasteiger partial charge in [0.25, 0.3) is 0 Å². The number of rotatable bonds is 5. The maximum absolute atomic E-state index is 4.96. The van der Waals surface area contributed by atoms with Gasteiger partial charge in [0.05, 0.1) is 11.4 Å². The summed E-state index contributed by atoms with van der Waals surface area (Å²) in [7, 11) is 0. The lowest BCUT2D eigenvalue weighted by Crippen LogP contribution is -2.13. The Hall–Kier alpha value is -4.06. The molecule has 0 spiro atoms. The highest BCUT2D eigenvalue weighted by molar-refractivity contribution is 7.13. The standard InChI is InChI=1S/C30H21N3S2/c1-4-10-22(11-5-1)23-16-18-25(19-17-23)28-21-35-30(33(28)26-14-8-3-9-15-26)32-29-31-27(20-34-29)24-12-6-2-7-13-24/h1-21H. The van der Waals surface area contributed by atoms with Crippen LogP contribution >= 0.6 is 22.7 Å². The number of benzene rings is 4. The molecule has 2 aromatic heterocycles. The zero-order valence-corrected chi connectivity index (χ0v) is 20.4. The lowest BCUT2D eigenvalue weighted by atomic mass is 10.0. The number of nitrogens with zero attached hydrogens (tertiary/aromatic N) is 3. The van der Waals surface area contributed by atoms with Crippen LogP contribution in [0, 0.1) is 0 Å². The summed E-state index contributed by atoms with van der Waals surface area (Å²) in [5.74, 6) is 0. The molecule has 2 heterocycles. The van der Waals surface area contributed by atoms with E-state index in [1.54, 1.807) is 22.7 Å². The van der Waals surface area contributed by atoms with Crippen molar-refractivity contribution < 1.29 is 0 Å². The van der Waals surface area contributed by atoms with Crippen molar-refractivity contribution in [3.8, 4) is 39.3 Å². The van der Waals surface area contributed by atoms with Crippen LogP contribution in [0.15, 0.2) is 131 Å². The van der Waals surface area contributed by atoms with E-state index in [0.717, 1.165) is 38.1 Å². The predicted molar refractivity (Wildman–Crippen MR) is 147 cm³/mol. The topological polar surface area (TPSA) is 30.2 Å². The number of para-hydroxylation sites is 1. The molecule has 168 valence electrons. The van der Waals surface area contributed by atoms with Gasteiger partial charge in [-0.25, -0.2) is 4.98 Å². The molecule has 3 nitrogen and oxygen atoms in total. The molecule has 0 radical (unpaired) electrons. The average Bonchev–Trinajstić information content (AvgIpc) is 3.58. The molecule has 0 aliphatic heterocycles. The summed E-state index contributed by atoms with van der Waals surface area (Å²) in [6, 6.07) is 39.8. The lowest BCUT2D eigenvalue weighted by Gasteiger charge is -2.10. The second-order valence-corrected chi connectivity index (χ2v) is 9.68. The number of hydrogen-bond donors (Lipinski definition) is 0. The zero-order valence-electron chi connectivity index (χ0n) is 18.8. The molecule has 0 atom stereocenters. The van der Waals surface area contributed by atoms with E-state index >= 15 is 0 Å². The molecule has 0 unspecified atom stereocenters. The molecule has 6 rings (SSSR count). The number of aromatic nitrogens is 2. The van der Waals surface area contributed by atoms with E-state index in [-0.39, 0.29) is 0 Å². The van der Waals surface area contributed by atoms with Gasteiger partial charge in [0.15, 0.2) is 4.80 Å². The van der Waals surface area contributed by atoms with Gasteiger partial charge in [-0.05, 0) is 28.8 Å². The first-order valence-electron chi connectivity index (χ1n) is 11.3. The van der Waals surface area contributed by atoms with Crippen LogP contribution < -0.4 is 4.80 Å². The van der Waals surface area contributed by atoms with Crippen LogP contribution in [0.2, 0.25) is 0 Å². The fraction of sp³-hybridized carbons (Fsp3) is 0. The molecule has 0 aliphatic carbocycles. The van der Waals surface area contributed by atoms with E-state index in [2.05, 4.69) is 100 Å². The molecule has 0 amide bonds. The first-order valence-corrected chi connectivity index (χ1v) is 13.1. The zero-order chi connectivity index (χ0) is 23.5. The molecule has 5 heteroatoms. The highest BCUT2D eigenvalue weighted by Crippen LogP contribution is 2.29. The highest BCUT2D eigenvalue weighted by Gasteiger charge is 2.12. The minimum absolute atomic E-state index is 0.751. The largest absolute Gasteiger partial charge is 0.285 e. The molecule has 0 bridgehead atoms. The van der Waals surface area contributed by atoms with Crippen molar-refractivity contribution in [3.63, 3.8) is 0 Å². The van der Waals surface area contributed by atoms with Crippen LogP contribution in [0.25, 0.3) is 39.3 Å². The maximum Gasteiger partial charge on any atom is 0.212 e. The third kappa shape index (κ3) is 4.52. The minimum atomic E-state index is 0.751. The average molecular weight is 488 g/mol. The van der Waals surface area contributed by atoms with Crippen LogP contribution in [-0.2, 0) is 0 Å². The van der Waals surface area contributed by atoms with Crippen molar-refractivity contribution >= 4 is 27.8 Å². The van der Waals surface area contributed by atoms with Crippen molar-refractivity contribution in [2.75, 3.05) is 0 Å². The molecule has 0 fully saturated rings. The SMILES string of the molecule is c1ccc(-c2ccc(-c3csc(=Nc4nc(-c5ccccc5)cs4)n3-c3ccccc3)cc2)cc1. The third-order valence-corrected chi connectivity index (χ3v) is 7.32. The minimum Gasteiger partial charge on any atom is -0.285 e. The molecule has 6 aromatic rings. The molecule has 0 aliphatic rings. The summed E-state index contributed by atoms with van der Waals surface area (Å²) in [6.45, 7) is 0. The van der Waals surface area contributed by atoms with Gasteiger partial charge in [-0.3, -0.25) is 4.57 Å². The molecule has 0 saturated heterocycles. The lowest BCUT2D eigenvalue weighted by molar-refractivity contribution is 1.01. The first-order chi connectivity index (χ1) is 17.3. The summed E-state index contributed by atoms with van der Waals surface area (Å²) >= 11 is 3.19. The van der Waals surface area contributed by atoms with Crippen molar-refractivity contribution in [1.29, 1.82) is 0 Å². The summed E-state index contributed by atoms with van der Waals surface area (Å²) < 4.78 is 2.21. The summed E-state index contributed by atoms with van der Waals surface area (Å²) in [5.41, 5.74) is 7.82. The molecule has 0 saturated carbocycles. The Morgan fingerprint density at radius 3 is 1.80 bits per heavy atom. The highest BCUT2D eigenvalue weighted by atomic mass is 32.1. The normalized spacial score (nSPS) is 11.6. The second kappa shape index (κ2) is 9.66. The maximum atomic E-state index is 4.96. The van der Waals surface area contributed by atoms with Crippen LogP contribution in [-0.4, -0.2) is 9.55 Å². The molecule has 4 aromatic carbocycles. The Labute approximate surface area is 212 Å². The number of thiazole rings is 2. The fourth-order valence-corrected chi connectivity index (χ4v) is 5.68. The van der Waals surface area contributed by atoms with Crippen LogP contribution in [0.5, 0.6) is 0 Å². The Kier molecular flexibility index (Phi) is 5.93.